The van der Waals surface area contributed by atoms with Crippen molar-refractivity contribution in [3.8, 4) is 0 Å². The molecule has 0 unspecified atom stereocenters. The minimum atomic E-state index is -1.69. The van der Waals surface area contributed by atoms with Gasteiger partial charge in [-0.15, -0.1) is 0 Å². The molecular formula is C3H9O2PS. The Bertz CT molecular complexity index is 41.9. The summed E-state index contributed by atoms with van der Waals surface area (Å²) < 4.78 is 0. The number of hydrogen-bond donors (Lipinski definition) is 2. The average molecular weight is 140 g/mol. The van der Waals surface area contributed by atoms with Crippen molar-refractivity contribution < 1.29 is 9.79 Å². The standard InChI is InChI=1S/C3H9O2PS/c1-2-3-7-6(4)5/h4-5H,2-3H2,1H3. The Kier molecular flexibility index (Phi) is 5.33. The van der Waals surface area contributed by atoms with Gasteiger partial charge in [-0.25, -0.2) is 0 Å². The van der Waals surface area contributed by atoms with Crippen molar-refractivity contribution >= 4 is 19.0 Å². The molecule has 0 atom stereocenters. The van der Waals surface area contributed by atoms with E-state index in [0.29, 0.717) is 0 Å². The van der Waals surface area contributed by atoms with E-state index in [1.165, 1.54) is 11.4 Å². The Labute approximate surface area is 48.6 Å². The molecule has 0 bridgehead atoms. The van der Waals surface area contributed by atoms with Gasteiger partial charge in [0.05, 0.1) is 0 Å². The topological polar surface area (TPSA) is 40.5 Å². The second-order valence-corrected chi connectivity index (χ2v) is 4.01. The van der Waals surface area contributed by atoms with Crippen LogP contribution in [0.4, 0.5) is 0 Å². The van der Waals surface area contributed by atoms with E-state index in [0.717, 1.165) is 12.2 Å². The highest BCUT2D eigenvalue weighted by molar-refractivity contribution is 8.52. The highest BCUT2D eigenvalue weighted by atomic mass is 32.7. The van der Waals surface area contributed by atoms with Gasteiger partial charge in [-0.2, -0.15) is 0 Å². The molecule has 44 valence electrons. The summed E-state index contributed by atoms with van der Waals surface area (Å²) >= 11 is 1.21. The summed E-state index contributed by atoms with van der Waals surface area (Å²) in [6, 6.07) is 0. The molecule has 0 heterocycles. The van der Waals surface area contributed by atoms with Gasteiger partial charge in [-0.1, -0.05) is 18.3 Å². The molecule has 0 fully saturated rings. The molecule has 0 aromatic rings. The summed E-state index contributed by atoms with van der Waals surface area (Å²) in [4.78, 5) is 16.5. The van der Waals surface area contributed by atoms with Crippen LogP contribution >= 0.6 is 19.0 Å². The predicted octanol–water partition coefficient (Wildman–Crippen LogP) is 1.34. The zero-order valence-electron chi connectivity index (χ0n) is 4.16. The minimum Gasteiger partial charge on any atom is -0.342 e. The van der Waals surface area contributed by atoms with Crippen LogP contribution in [0.15, 0.2) is 0 Å². The van der Waals surface area contributed by atoms with Crippen molar-refractivity contribution in [3.05, 3.63) is 0 Å². The second-order valence-electron chi connectivity index (χ2n) is 1.09. The third-order valence-corrected chi connectivity index (χ3v) is 2.47. The first-order valence-corrected chi connectivity index (χ1v) is 4.92. The molecule has 2 nitrogen and oxygen atoms in total. The van der Waals surface area contributed by atoms with E-state index in [-0.39, 0.29) is 0 Å². The van der Waals surface area contributed by atoms with E-state index < -0.39 is 7.58 Å². The van der Waals surface area contributed by atoms with Gasteiger partial charge >= 0.3 is 0 Å². The monoisotopic (exact) mass is 140 g/mol. The molecule has 0 aliphatic carbocycles. The van der Waals surface area contributed by atoms with E-state index >= 15 is 0 Å². The maximum atomic E-state index is 8.27. The fraction of sp³-hybridized carbons (Fsp3) is 1.00. The summed E-state index contributed by atoms with van der Waals surface area (Å²) in [5.74, 6) is 0.846. The molecule has 0 radical (unpaired) electrons. The molecule has 2 N–H and O–H groups in total. The normalized spacial score (nSPS) is 10.3. The van der Waals surface area contributed by atoms with Gasteiger partial charge in [-0.3, -0.25) is 0 Å². The molecule has 7 heavy (non-hydrogen) atoms. The SMILES string of the molecule is CCCSP(O)O. The van der Waals surface area contributed by atoms with Crippen LogP contribution in [0.2, 0.25) is 0 Å². The third-order valence-electron chi connectivity index (χ3n) is 0.411. The van der Waals surface area contributed by atoms with E-state index in [1.807, 2.05) is 6.92 Å². The maximum absolute atomic E-state index is 8.27. The van der Waals surface area contributed by atoms with Crippen LogP contribution in [-0.2, 0) is 0 Å². The lowest BCUT2D eigenvalue weighted by Gasteiger charge is -1.95. The van der Waals surface area contributed by atoms with E-state index in [9.17, 15) is 0 Å². The van der Waals surface area contributed by atoms with Crippen LogP contribution in [0.3, 0.4) is 0 Å². The lowest BCUT2D eigenvalue weighted by Crippen LogP contribution is -1.68. The average Bonchev–Trinajstić information content (AvgIpc) is 1.61. The zero-order chi connectivity index (χ0) is 5.70. The van der Waals surface area contributed by atoms with Gasteiger partial charge in [0.25, 0.3) is 0 Å². The van der Waals surface area contributed by atoms with Gasteiger partial charge in [0.2, 0.25) is 7.58 Å². The van der Waals surface area contributed by atoms with Crippen LogP contribution in [0.25, 0.3) is 0 Å². The smallest absolute Gasteiger partial charge is 0.232 e. The molecule has 0 rings (SSSR count). The minimum absolute atomic E-state index is 0.846. The summed E-state index contributed by atoms with van der Waals surface area (Å²) in [7, 11) is -1.69. The number of rotatable bonds is 3. The summed E-state index contributed by atoms with van der Waals surface area (Å²) in [6.45, 7) is 2.01. The first-order chi connectivity index (χ1) is 3.27. The van der Waals surface area contributed by atoms with Gasteiger partial charge < -0.3 is 9.79 Å². The van der Waals surface area contributed by atoms with Crippen LogP contribution in [0.1, 0.15) is 13.3 Å². The highest BCUT2D eigenvalue weighted by Gasteiger charge is 1.94. The lowest BCUT2D eigenvalue weighted by molar-refractivity contribution is 0.505. The van der Waals surface area contributed by atoms with Crippen LogP contribution < -0.4 is 0 Å². The Morgan fingerprint density at radius 2 is 2.14 bits per heavy atom. The van der Waals surface area contributed by atoms with Crippen LogP contribution in [0, 0.1) is 0 Å². The summed E-state index contributed by atoms with van der Waals surface area (Å²) in [5.41, 5.74) is 0. The molecule has 4 heteroatoms. The molecule has 0 amide bonds. The predicted molar refractivity (Wildman–Crippen MR) is 34.1 cm³/mol. The van der Waals surface area contributed by atoms with Crippen LogP contribution in [0.5, 0.6) is 0 Å². The number of hydrogen-bond acceptors (Lipinski definition) is 3. The molecule has 0 aromatic heterocycles. The van der Waals surface area contributed by atoms with Gasteiger partial charge in [0, 0.05) is 5.75 Å². The second kappa shape index (κ2) is 4.85. The van der Waals surface area contributed by atoms with Crippen molar-refractivity contribution in [2.75, 3.05) is 5.75 Å². The molecule has 0 aliphatic heterocycles. The van der Waals surface area contributed by atoms with Crippen molar-refractivity contribution in [1.29, 1.82) is 0 Å². The Balaban J connectivity index is 2.68. The van der Waals surface area contributed by atoms with E-state index in [4.69, 9.17) is 9.79 Å². The molecule has 0 aliphatic rings. The molecule has 0 spiro atoms. The first kappa shape index (κ1) is 7.70. The summed E-state index contributed by atoms with van der Waals surface area (Å²) in [6.07, 6.45) is 1.00. The van der Waals surface area contributed by atoms with E-state index in [2.05, 4.69) is 0 Å². The van der Waals surface area contributed by atoms with Crippen molar-refractivity contribution in [2.45, 2.75) is 13.3 Å². The third kappa shape index (κ3) is 6.70. The van der Waals surface area contributed by atoms with Gasteiger partial charge in [0.1, 0.15) is 0 Å². The van der Waals surface area contributed by atoms with Crippen molar-refractivity contribution in [2.24, 2.45) is 0 Å². The molecule has 0 saturated carbocycles. The molecule has 0 aromatic carbocycles. The Morgan fingerprint density at radius 3 is 2.29 bits per heavy atom. The molecule has 0 saturated heterocycles. The maximum Gasteiger partial charge on any atom is 0.232 e. The molecular weight excluding hydrogens is 131 g/mol. The first-order valence-electron chi connectivity index (χ1n) is 2.08. The highest BCUT2D eigenvalue weighted by Crippen LogP contribution is 2.40. The largest absolute Gasteiger partial charge is 0.342 e. The van der Waals surface area contributed by atoms with Crippen molar-refractivity contribution in [1.82, 2.24) is 0 Å². The lowest BCUT2D eigenvalue weighted by atomic mass is 10.6. The van der Waals surface area contributed by atoms with E-state index in [1.54, 1.807) is 0 Å². The van der Waals surface area contributed by atoms with Gasteiger partial charge in [0.15, 0.2) is 0 Å². The fourth-order valence-electron chi connectivity index (χ4n) is 0.173. The van der Waals surface area contributed by atoms with Gasteiger partial charge in [-0.05, 0) is 6.42 Å². The summed E-state index contributed by atoms with van der Waals surface area (Å²) in [5, 5.41) is 0. The Hall–Kier alpha value is 0.700. The quantitative estimate of drug-likeness (QED) is 0.581. The fourth-order valence-corrected chi connectivity index (χ4v) is 1.56. The van der Waals surface area contributed by atoms with Crippen LogP contribution in [-0.4, -0.2) is 15.5 Å². The van der Waals surface area contributed by atoms with Crippen molar-refractivity contribution in [3.63, 3.8) is 0 Å². The zero-order valence-corrected chi connectivity index (χ0v) is 5.88. The Morgan fingerprint density at radius 1 is 1.57 bits per heavy atom.